The highest BCUT2D eigenvalue weighted by molar-refractivity contribution is 5.29. The van der Waals surface area contributed by atoms with Crippen molar-refractivity contribution in [2.75, 3.05) is 0 Å². The van der Waals surface area contributed by atoms with Gasteiger partial charge in [-0.15, -0.1) is 0 Å². The smallest absolute Gasteiger partial charge is 0.324 e. The van der Waals surface area contributed by atoms with Crippen LogP contribution in [0.4, 0.5) is 30.7 Å². The number of hydrogen-bond acceptors (Lipinski definition) is 1. The summed E-state index contributed by atoms with van der Waals surface area (Å²) in [6, 6.07) is -0.559. The van der Waals surface area contributed by atoms with Crippen LogP contribution in [-0.2, 0) is 6.18 Å². The molecule has 0 radical (unpaired) electrons. The molecule has 1 aromatic carbocycles. The molecule has 0 spiro atoms. The molecule has 0 bridgehead atoms. The van der Waals surface area contributed by atoms with Crippen LogP contribution in [0.15, 0.2) is 18.2 Å². The molecule has 1 atom stereocenters. The van der Waals surface area contributed by atoms with Gasteiger partial charge < -0.3 is 5.73 Å². The average molecular weight is 275 g/mol. The summed E-state index contributed by atoms with van der Waals surface area (Å²) in [5.74, 6) is -1.28. The minimum atomic E-state index is -4.84. The summed E-state index contributed by atoms with van der Waals surface area (Å²) in [5.41, 5.74) is 3.20. The third kappa shape index (κ3) is 4.17. The van der Waals surface area contributed by atoms with Gasteiger partial charge >= 0.3 is 12.4 Å². The van der Waals surface area contributed by atoms with Crippen LogP contribution in [0.5, 0.6) is 0 Å². The van der Waals surface area contributed by atoms with Gasteiger partial charge in [-0.1, -0.05) is 0 Å². The van der Waals surface area contributed by atoms with E-state index in [1.54, 1.807) is 0 Å². The van der Waals surface area contributed by atoms with E-state index in [0.717, 1.165) is 0 Å². The molecular weight excluding hydrogens is 267 g/mol. The summed E-state index contributed by atoms with van der Waals surface area (Å²) in [4.78, 5) is 0. The molecule has 102 valence electrons. The lowest BCUT2D eigenvalue weighted by Crippen LogP contribution is -2.21. The largest absolute Gasteiger partial charge is 0.416 e. The van der Waals surface area contributed by atoms with Crippen LogP contribution in [0.25, 0.3) is 0 Å². The van der Waals surface area contributed by atoms with Crippen molar-refractivity contribution in [2.45, 2.75) is 24.8 Å². The Morgan fingerprint density at radius 1 is 1.00 bits per heavy atom. The molecule has 0 aliphatic rings. The first-order chi connectivity index (χ1) is 7.99. The van der Waals surface area contributed by atoms with Crippen molar-refractivity contribution in [1.29, 1.82) is 0 Å². The third-order valence-electron chi connectivity index (χ3n) is 2.13. The Kier molecular flexibility index (Phi) is 3.89. The Morgan fingerprint density at radius 3 is 2.00 bits per heavy atom. The Labute approximate surface area is 97.4 Å². The van der Waals surface area contributed by atoms with Crippen molar-refractivity contribution in [3.05, 3.63) is 35.1 Å². The summed E-state index contributed by atoms with van der Waals surface area (Å²) >= 11 is 0. The third-order valence-corrected chi connectivity index (χ3v) is 2.13. The fourth-order valence-electron chi connectivity index (χ4n) is 1.36. The van der Waals surface area contributed by atoms with Crippen molar-refractivity contribution in [3.63, 3.8) is 0 Å². The lowest BCUT2D eigenvalue weighted by Gasteiger charge is -2.16. The van der Waals surface area contributed by atoms with Crippen LogP contribution >= 0.6 is 0 Å². The van der Waals surface area contributed by atoms with Crippen LogP contribution in [-0.4, -0.2) is 6.18 Å². The number of benzene rings is 1. The fraction of sp³-hybridized carbons (Fsp3) is 0.400. The van der Waals surface area contributed by atoms with E-state index in [2.05, 4.69) is 0 Å². The van der Waals surface area contributed by atoms with Crippen LogP contribution in [0.3, 0.4) is 0 Å². The minimum absolute atomic E-state index is 0.198. The van der Waals surface area contributed by atoms with Gasteiger partial charge in [-0.2, -0.15) is 26.3 Å². The van der Waals surface area contributed by atoms with E-state index in [0.29, 0.717) is 12.1 Å². The van der Waals surface area contributed by atoms with E-state index in [-0.39, 0.29) is 6.07 Å². The van der Waals surface area contributed by atoms with Gasteiger partial charge in [-0.25, -0.2) is 4.39 Å². The van der Waals surface area contributed by atoms with E-state index in [4.69, 9.17) is 5.73 Å². The summed E-state index contributed by atoms with van der Waals surface area (Å²) < 4.78 is 86.0. The van der Waals surface area contributed by atoms with Crippen LogP contribution in [0.1, 0.15) is 23.6 Å². The van der Waals surface area contributed by atoms with Gasteiger partial charge in [0.2, 0.25) is 0 Å². The number of hydrogen-bond donors (Lipinski definition) is 1. The minimum Gasteiger partial charge on any atom is -0.324 e. The molecule has 0 saturated carbocycles. The Morgan fingerprint density at radius 2 is 1.56 bits per heavy atom. The summed E-state index contributed by atoms with van der Waals surface area (Å²) in [7, 11) is 0. The van der Waals surface area contributed by atoms with Crippen LogP contribution < -0.4 is 5.73 Å². The SMILES string of the molecule is N[C@H](CC(F)(F)F)c1cc(F)cc(C(F)(F)F)c1. The molecule has 0 saturated heterocycles. The van der Waals surface area contributed by atoms with Crippen molar-refractivity contribution >= 4 is 0 Å². The van der Waals surface area contributed by atoms with Gasteiger partial charge in [-0.05, 0) is 23.8 Å². The van der Waals surface area contributed by atoms with Gasteiger partial charge in [0, 0.05) is 6.04 Å². The zero-order valence-electron chi connectivity index (χ0n) is 8.74. The predicted octanol–water partition coefficient (Wildman–Crippen LogP) is 3.80. The highest BCUT2D eigenvalue weighted by Crippen LogP contribution is 2.33. The Bertz CT molecular complexity index is 421. The molecule has 0 unspecified atom stereocenters. The first-order valence-corrected chi connectivity index (χ1v) is 4.69. The standard InChI is InChI=1S/C10H8F7N/c11-7-2-5(8(18)4-9(12,13)14)1-6(3-7)10(15,16)17/h1-3,8H,4,18H2/t8-/m1/s1. The van der Waals surface area contributed by atoms with E-state index < -0.39 is 41.8 Å². The van der Waals surface area contributed by atoms with Gasteiger partial charge in [0.25, 0.3) is 0 Å². The molecule has 1 aromatic rings. The van der Waals surface area contributed by atoms with Gasteiger partial charge in [-0.3, -0.25) is 0 Å². The van der Waals surface area contributed by atoms with Crippen molar-refractivity contribution in [3.8, 4) is 0 Å². The van der Waals surface area contributed by atoms with Crippen LogP contribution in [0, 0.1) is 5.82 Å². The fourth-order valence-corrected chi connectivity index (χ4v) is 1.36. The van der Waals surface area contributed by atoms with Crippen molar-refractivity contribution in [2.24, 2.45) is 5.73 Å². The monoisotopic (exact) mass is 275 g/mol. The maximum absolute atomic E-state index is 12.9. The second-order valence-corrected chi connectivity index (χ2v) is 3.70. The maximum atomic E-state index is 12.9. The number of nitrogens with two attached hydrogens (primary N) is 1. The van der Waals surface area contributed by atoms with E-state index in [1.165, 1.54) is 0 Å². The highest BCUT2D eigenvalue weighted by atomic mass is 19.4. The summed E-state index contributed by atoms with van der Waals surface area (Å²) in [6.45, 7) is 0. The van der Waals surface area contributed by atoms with E-state index in [9.17, 15) is 30.7 Å². The topological polar surface area (TPSA) is 26.0 Å². The van der Waals surface area contributed by atoms with Gasteiger partial charge in [0.05, 0.1) is 12.0 Å². The lowest BCUT2D eigenvalue weighted by atomic mass is 10.0. The molecule has 1 nitrogen and oxygen atoms in total. The molecule has 8 heteroatoms. The van der Waals surface area contributed by atoms with Gasteiger partial charge in [0.1, 0.15) is 5.82 Å². The molecule has 0 fully saturated rings. The number of rotatable bonds is 2. The first kappa shape index (κ1) is 14.7. The Hall–Kier alpha value is -1.31. The molecular formula is C10H8F7N. The highest BCUT2D eigenvalue weighted by Gasteiger charge is 2.34. The molecule has 2 N–H and O–H groups in total. The summed E-state index contributed by atoms with van der Waals surface area (Å²) in [5, 5.41) is 0. The molecule has 0 amide bonds. The molecule has 18 heavy (non-hydrogen) atoms. The predicted molar refractivity (Wildman–Crippen MR) is 49.0 cm³/mol. The molecule has 0 aliphatic heterocycles. The zero-order valence-corrected chi connectivity index (χ0v) is 8.74. The molecule has 0 aromatic heterocycles. The quantitative estimate of drug-likeness (QED) is 0.816. The number of alkyl halides is 6. The Balaban J connectivity index is 3.07. The average Bonchev–Trinajstić information content (AvgIpc) is 2.12. The lowest BCUT2D eigenvalue weighted by molar-refractivity contribution is -0.138. The van der Waals surface area contributed by atoms with Gasteiger partial charge in [0.15, 0.2) is 0 Å². The second-order valence-electron chi connectivity index (χ2n) is 3.70. The zero-order chi connectivity index (χ0) is 14.1. The molecule has 1 rings (SSSR count). The van der Waals surface area contributed by atoms with Crippen molar-refractivity contribution < 1.29 is 30.7 Å². The van der Waals surface area contributed by atoms with Crippen molar-refractivity contribution in [1.82, 2.24) is 0 Å². The maximum Gasteiger partial charge on any atom is 0.416 e. The first-order valence-electron chi connectivity index (χ1n) is 4.69. The molecule has 0 aliphatic carbocycles. The number of halogens is 7. The molecule has 0 heterocycles. The normalized spacial score (nSPS) is 14.7. The van der Waals surface area contributed by atoms with E-state index >= 15 is 0 Å². The second kappa shape index (κ2) is 4.75. The summed E-state index contributed by atoms with van der Waals surface area (Å²) in [6.07, 6.45) is -11.0. The van der Waals surface area contributed by atoms with Crippen LogP contribution in [0.2, 0.25) is 0 Å². The van der Waals surface area contributed by atoms with E-state index in [1.807, 2.05) is 0 Å².